The van der Waals surface area contributed by atoms with Gasteiger partial charge in [0.25, 0.3) is 11.9 Å². The van der Waals surface area contributed by atoms with Crippen molar-refractivity contribution in [3.63, 3.8) is 0 Å². The number of hydrogen-bond acceptors (Lipinski definition) is 6. The Balaban J connectivity index is 1.89. The fourth-order valence-corrected chi connectivity index (χ4v) is 3.14. The van der Waals surface area contributed by atoms with E-state index in [2.05, 4.69) is 25.6 Å². The Morgan fingerprint density at radius 1 is 1.27 bits per heavy atom. The minimum Gasteiger partial charge on any atom is -0.396 e. The highest BCUT2D eigenvalue weighted by molar-refractivity contribution is 6.34. The third-order valence-electron chi connectivity index (χ3n) is 4.19. The number of nitrogens with one attached hydrogen (secondary N) is 1. The van der Waals surface area contributed by atoms with Gasteiger partial charge in [0.2, 0.25) is 0 Å². The van der Waals surface area contributed by atoms with Crippen LogP contribution in [0.1, 0.15) is 40.3 Å². The number of rotatable bonds is 6. The van der Waals surface area contributed by atoms with Crippen LogP contribution in [0, 0.1) is 0 Å². The van der Waals surface area contributed by atoms with E-state index in [9.17, 15) is 23.1 Å². The highest BCUT2D eigenvalue weighted by Gasteiger charge is 2.35. The van der Waals surface area contributed by atoms with Gasteiger partial charge in [0.15, 0.2) is 0 Å². The van der Waals surface area contributed by atoms with Crippen molar-refractivity contribution in [2.75, 3.05) is 6.61 Å². The summed E-state index contributed by atoms with van der Waals surface area (Å²) in [5.41, 5.74) is -0.655. The molecule has 0 saturated carbocycles. The Kier molecular flexibility index (Phi) is 6.32. The molecule has 0 aliphatic rings. The minimum atomic E-state index is -4.69. The first-order valence-electron chi connectivity index (χ1n) is 8.73. The SMILES string of the molecule is C[C@H](NC(=O)c1cccc(C(F)(F)F)c1Cl)c1nnn(-c2ncccn2)c1CCO. The maximum absolute atomic E-state index is 13.0. The van der Waals surface area contributed by atoms with Gasteiger partial charge in [0, 0.05) is 25.4 Å². The van der Waals surface area contributed by atoms with Gasteiger partial charge in [-0.25, -0.2) is 9.97 Å². The summed E-state index contributed by atoms with van der Waals surface area (Å²) in [5, 5.41) is 19.3. The number of aliphatic hydroxyl groups is 1. The second kappa shape index (κ2) is 8.76. The van der Waals surface area contributed by atoms with Crippen molar-refractivity contribution in [2.45, 2.75) is 25.6 Å². The predicted octanol–water partition coefficient (Wildman–Crippen LogP) is 2.76. The molecule has 1 amide bonds. The van der Waals surface area contributed by atoms with Gasteiger partial charge in [-0.05, 0) is 25.1 Å². The van der Waals surface area contributed by atoms with Gasteiger partial charge < -0.3 is 10.4 Å². The van der Waals surface area contributed by atoms with Crippen molar-refractivity contribution >= 4 is 17.5 Å². The maximum atomic E-state index is 13.0. The molecule has 0 radical (unpaired) electrons. The maximum Gasteiger partial charge on any atom is 0.417 e. The average molecular weight is 441 g/mol. The van der Waals surface area contributed by atoms with Gasteiger partial charge >= 0.3 is 6.18 Å². The third-order valence-corrected chi connectivity index (χ3v) is 4.60. The molecule has 0 spiro atoms. The van der Waals surface area contributed by atoms with Gasteiger partial charge in [-0.3, -0.25) is 4.79 Å². The van der Waals surface area contributed by atoms with Crippen LogP contribution >= 0.6 is 11.6 Å². The van der Waals surface area contributed by atoms with Gasteiger partial charge in [-0.15, -0.1) is 5.10 Å². The topological polar surface area (TPSA) is 106 Å². The number of amides is 1. The molecule has 0 aliphatic carbocycles. The van der Waals surface area contributed by atoms with Gasteiger partial charge in [0.1, 0.15) is 5.69 Å². The highest BCUT2D eigenvalue weighted by atomic mass is 35.5. The molecule has 0 saturated heterocycles. The Bertz CT molecular complexity index is 1040. The van der Waals surface area contributed by atoms with E-state index in [4.69, 9.17) is 11.6 Å². The zero-order valence-corrected chi connectivity index (χ0v) is 16.3. The Morgan fingerprint density at radius 3 is 2.60 bits per heavy atom. The van der Waals surface area contributed by atoms with E-state index in [1.165, 1.54) is 23.1 Å². The van der Waals surface area contributed by atoms with E-state index in [0.29, 0.717) is 11.4 Å². The number of hydrogen-bond donors (Lipinski definition) is 2. The highest BCUT2D eigenvalue weighted by Crippen LogP contribution is 2.36. The first-order valence-corrected chi connectivity index (χ1v) is 9.11. The molecule has 1 atom stereocenters. The van der Waals surface area contributed by atoms with Crippen LogP contribution in [0.3, 0.4) is 0 Å². The Hall–Kier alpha value is -3.05. The summed E-state index contributed by atoms with van der Waals surface area (Å²) >= 11 is 5.82. The van der Waals surface area contributed by atoms with Crippen LogP contribution < -0.4 is 5.32 Å². The number of aliphatic hydroxyl groups excluding tert-OH is 1. The third kappa shape index (κ3) is 4.41. The predicted molar refractivity (Wildman–Crippen MR) is 100 cm³/mol. The van der Waals surface area contributed by atoms with Crippen molar-refractivity contribution in [1.82, 2.24) is 30.3 Å². The second-order valence-electron chi connectivity index (χ2n) is 6.22. The lowest BCUT2D eigenvalue weighted by Crippen LogP contribution is -2.28. The summed E-state index contributed by atoms with van der Waals surface area (Å²) in [7, 11) is 0. The van der Waals surface area contributed by atoms with Gasteiger partial charge in [-0.1, -0.05) is 22.9 Å². The summed E-state index contributed by atoms with van der Waals surface area (Å²) in [6.07, 6.45) is -1.53. The van der Waals surface area contributed by atoms with E-state index < -0.39 is 28.7 Å². The van der Waals surface area contributed by atoms with E-state index in [0.717, 1.165) is 12.1 Å². The van der Waals surface area contributed by atoms with E-state index >= 15 is 0 Å². The summed E-state index contributed by atoms with van der Waals surface area (Å²) < 4.78 is 40.5. The van der Waals surface area contributed by atoms with Crippen LogP contribution in [0.2, 0.25) is 5.02 Å². The lowest BCUT2D eigenvalue weighted by molar-refractivity contribution is -0.137. The first-order chi connectivity index (χ1) is 14.2. The van der Waals surface area contributed by atoms with Crippen LogP contribution in [0.5, 0.6) is 0 Å². The fraction of sp³-hybridized carbons (Fsp3) is 0.278. The molecule has 0 fully saturated rings. The van der Waals surface area contributed by atoms with Crippen molar-refractivity contribution < 1.29 is 23.1 Å². The minimum absolute atomic E-state index is 0.144. The zero-order valence-electron chi connectivity index (χ0n) is 15.6. The van der Waals surface area contributed by atoms with Crippen molar-refractivity contribution in [3.8, 4) is 5.95 Å². The van der Waals surface area contributed by atoms with Crippen LogP contribution in [0.4, 0.5) is 13.2 Å². The average Bonchev–Trinajstić information content (AvgIpc) is 3.12. The van der Waals surface area contributed by atoms with Crippen LogP contribution in [-0.2, 0) is 12.6 Å². The van der Waals surface area contributed by atoms with Crippen LogP contribution in [-0.4, -0.2) is 42.6 Å². The smallest absolute Gasteiger partial charge is 0.396 e. The van der Waals surface area contributed by atoms with Crippen LogP contribution in [0.15, 0.2) is 36.7 Å². The zero-order chi connectivity index (χ0) is 21.9. The quantitative estimate of drug-likeness (QED) is 0.610. The standard InChI is InChI=1S/C18H16ClF3N6O2/c1-10(25-16(30)11-4-2-5-12(14(11)19)18(20,21)22)15-13(6-9-29)28(27-26-15)17-23-7-3-8-24-17/h2-5,7-8,10,29H,6,9H2,1H3,(H,25,30)/t10-/m0/s1. The molecule has 0 unspecified atom stereocenters. The van der Waals surface area contributed by atoms with Gasteiger partial charge in [0.05, 0.1) is 27.9 Å². The summed E-state index contributed by atoms with van der Waals surface area (Å²) in [5.74, 6) is -0.585. The summed E-state index contributed by atoms with van der Waals surface area (Å²) in [6.45, 7) is 1.35. The van der Waals surface area contributed by atoms with Gasteiger partial charge in [-0.2, -0.15) is 17.9 Å². The molecule has 0 aliphatic heterocycles. The lowest BCUT2D eigenvalue weighted by Gasteiger charge is -2.16. The van der Waals surface area contributed by atoms with Crippen molar-refractivity contribution in [3.05, 3.63) is 64.2 Å². The largest absolute Gasteiger partial charge is 0.417 e. The number of benzene rings is 1. The van der Waals surface area contributed by atoms with E-state index in [-0.39, 0.29) is 24.5 Å². The molecular formula is C18H16ClF3N6O2. The molecule has 158 valence electrons. The Labute approximate surface area is 173 Å². The molecular weight excluding hydrogens is 425 g/mol. The summed E-state index contributed by atoms with van der Waals surface area (Å²) in [4.78, 5) is 20.7. The number of carbonyl (C=O) groups excluding carboxylic acids is 1. The molecule has 1 aromatic carbocycles. The number of carbonyl (C=O) groups is 1. The molecule has 3 rings (SSSR count). The van der Waals surface area contributed by atoms with Crippen molar-refractivity contribution in [2.24, 2.45) is 0 Å². The monoisotopic (exact) mass is 440 g/mol. The molecule has 0 bridgehead atoms. The van der Waals surface area contributed by atoms with E-state index in [1.807, 2.05) is 0 Å². The molecule has 30 heavy (non-hydrogen) atoms. The van der Waals surface area contributed by atoms with E-state index in [1.54, 1.807) is 13.0 Å². The number of alkyl halides is 3. The molecule has 2 aromatic heterocycles. The second-order valence-corrected chi connectivity index (χ2v) is 6.59. The fourth-order valence-electron chi connectivity index (χ4n) is 2.82. The first kappa shape index (κ1) is 21.7. The van der Waals surface area contributed by atoms with Crippen LogP contribution in [0.25, 0.3) is 5.95 Å². The lowest BCUT2D eigenvalue weighted by atomic mass is 10.1. The molecule has 2 N–H and O–H groups in total. The number of nitrogens with zero attached hydrogens (tertiary/aromatic N) is 5. The Morgan fingerprint density at radius 2 is 1.97 bits per heavy atom. The number of halogens is 4. The van der Waals surface area contributed by atoms with Crippen molar-refractivity contribution in [1.29, 1.82) is 0 Å². The molecule has 12 heteroatoms. The summed E-state index contributed by atoms with van der Waals surface area (Å²) in [6, 6.07) is 3.97. The molecule has 2 heterocycles. The normalized spacial score (nSPS) is 12.6. The molecule has 3 aromatic rings. The number of aromatic nitrogens is 5. The molecule has 8 nitrogen and oxygen atoms in total.